The molecule has 0 aromatic heterocycles. The first-order valence-electron chi connectivity index (χ1n) is 13.7. The molecule has 4 saturated heterocycles. The predicted octanol–water partition coefficient (Wildman–Crippen LogP) is 3.51. The molecule has 6 rings (SSSR count). The van der Waals surface area contributed by atoms with Crippen molar-refractivity contribution in [3.63, 3.8) is 0 Å². The number of imide groups is 1. The van der Waals surface area contributed by atoms with Crippen LogP contribution in [-0.4, -0.2) is 67.3 Å². The zero-order valence-corrected chi connectivity index (χ0v) is 22.5. The molecular weight excluding hydrogens is 522 g/mol. The quantitative estimate of drug-likeness (QED) is 0.528. The number of anilines is 2. The summed E-state index contributed by atoms with van der Waals surface area (Å²) >= 11 is 0. The number of benzene rings is 2. The minimum absolute atomic E-state index is 0.0302. The average Bonchev–Trinajstić information content (AvgIpc) is 3.48. The summed E-state index contributed by atoms with van der Waals surface area (Å²) in [5.41, 5.74) is 4.05. The molecule has 40 heavy (non-hydrogen) atoms. The first-order chi connectivity index (χ1) is 19.1. The van der Waals surface area contributed by atoms with Crippen LogP contribution in [0.4, 0.5) is 25.0 Å². The molecular formula is C29H32F2N4O5. The molecule has 2 aromatic carbocycles. The summed E-state index contributed by atoms with van der Waals surface area (Å²) in [6.45, 7) is 7.16. The minimum Gasteiger partial charge on any atom is -0.442 e. The molecule has 0 saturated carbocycles. The number of ether oxygens (including phenoxy) is 2. The van der Waals surface area contributed by atoms with Gasteiger partial charge in [-0.1, -0.05) is 0 Å². The number of nitrogens with one attached hydrogen (secondary N) is 2. The third kappa shape index (κ3) is 5.15. The van der Waals surface area contributed by atoms with E-state index in [1.807, 2.05) is 19.1 Å². The number of hydrogen-bond donors (Lipinski definition) is 2. The van der Waals surface area contributed by atoms with Crippen LogP contribution in [0.25, 0.3) is 0 Å². The SMILES string of the molecule is Cc1cc(NC(=O)OC2CN(c3cc(F)c(C4CCC(=O)NC4=O)c(F)c3)C2)cc(CN2CC3CC2CO3)c1C. The second kappa shape index (κ2) is 10.4. The van der Waals surface area contributed by atoms with E-state index in [4.69, 9.17) is 9.47 Å². The fourth-order valence-electron chi connectivity index (χ4n) is 6.14. The number of likely N-dealkylation sites (tertiary alicyclic amines) is 1. The molecule has 2 bridgehead atoms. The van der Waals surface area contributed by atoms with Gasteiger partial charge in [-0.2, -0.15) is 0 Å². The summed E-state index contributed by atoms with van der Waals surface area (Å²) in [7, 11) is 0. The third-order valence-corrected chi connectivity index (χ3v) is 8.55. The molecule has 3 unspecified atom stereocenters. The summed E-state index contributed by atoms with van der Waals surface area (Å²) in [4.78, 5) is 40.2. The lowest BCUT2D eigenvalue weighted by Gasteiger charge is -2.40. The normalized spacial score (nSPS) is 24.7. The Bertz CT molecular complexity index is 1360. The molecule has 4 aliphatic rings. The van der Waals surface area contributed by atoms with Crippen LogP contribution in [0, 0.1) is 25.5 Å². The van der Waals surface area contributed by atoms with E-state index in [0.29, 0.717) is 23.5 Å². The number of piperidine rings is 1. The van der Waals surface area contributed by atoms with Crippen LogP contribution in [0.15, 0.2) is 24.3 Å². The molecule has 3 atom stereocenters. The Hall–Kier alpha value is -3.57. The van der Waals surface area contributed by atoms with E-state index in [1.54, 1.807) is 4.90 Å². The highest BCUT2D eigenvalue weighted by Gasteiger charge is 2.39. The number of rotatable bonds is 6. The van der Waals surface area contributed by atoms with Crippen LogP contribution in [-0.2, 0) is 25.6 Å². The van der Waals surface area contributed by atoms with Gasteiger partial charge in [-0.25, -0.2) is 13.6 Å². The number of hydrogen-bond acceptors (Lipinski definition) is 7. The van der Waals surface area contributed by atoms with Gasteiger partial charge in [0.15, 0.2) is 0 Å². The highest BCUT2D eigenvalue weighted by Crippen LogP contribution is 2.34. The van der Waals surface area contributed by atoms with Crippen LogP contribution < -0.4 is 15.5 Å². The first kappa shape index (κ1) is 26.6. The van der Waals surface area contributed by atoms with E-state index in [2.05, 4.69) is 22.5 Å². The van der Waals surface area contributed by atoms with Gasteiger partial charge >= 0.3 is 6.09 Å². The van der Waals surface area contributed by atoms with E-state index in [9.17, 15) is 23.2 Å². The summed E-state index contributed by atoms with van der Waals surface area (Å²) in [5, 5.41) is 4.96. The molecule has 212 valence electrons. The fourth-order valence-corrected chi connectivity index (χ4v) is 6.14. The predicted molar refractivity (Wildman–Crippen MR) is 142 cm³/mol. The first-order valence-corrected chi connectivity index (χ1v) is 13.7. The molecule has 2 aromatic rings. The van der Waals surface area contributed by atoms with Crippen molar-refractivity contribution >= 4 is 29.3 Å². The topological polar surface area (TPSA) is 100 Å². The molecule has 4 aliphatic heterocycles. The fraction of sp³-hybridized carbons (Fsp3) is 0.483. The second-order valence-corrected chi connectivity index (χ2v) is 11.2. The minimum atomic E-state index is -1.05. The Balaban J connectivity index is 1.04. The highest BCUT2D eigenvalue weighted by atomic mass is 19.1. The smallest absolute Gasteiger partial charge is 0.412 e. The van der Waals surface area contributed by atoms with Crippen LogP contribution in [0.1, 0.15) is 47.4 Å². The number of morpholine rings is 1. The number of carbonyl (C=O) groups is 3. The van der Waals surface area contributed by atoms with Crippen LogP contribution in [0.5, 0.6) is 0 Å². The van der Waals surface area contributed by atoms with Gasteiger partial charge in [0.2, 0.25) is 11.8 Å². The number of nitrogens with zero attached hydrogens (tertiary/aromatic N) is 2. The number of fused-ring (bicyclic) bond motifs is 2. The molecule has 3 amide bonds. The van der Waals surface area contributed by atoms with E-state index in [1.165, 1.54) is 17.7 Å². The number of carbonyl (C=O) groups excluding carboxylic acids is 3. The second-order valence-electron chi connectivity index (χ2n) is 11.2. The van der Waals surface area contributed by atoms with E-state index in [0.717, 1.165) is 37.2 Å². The lowest BCUT2D eigenvalue weighted by Crippen LogP contribution is -2.53. The van der Waals surface area contributed by atoms with Gasteiger partial charge in [-0.3, -0.25) is 25.1 Å². The monoisotopic (exact) mass is 554 g/mol. The van der Waals surface area contributed by atoms with E-state index in [-0.39, 0.29) is 31.5 Å². The van der Waals surface area contributed by atoms with Crippen molar-refractivity contribution in [3.05, 3.63) is 58.2 Å². The van der Waals surface area contributed by atoms with Gasteiger partial charge in [-0.05, 0) is 67.6 Å². The highest BCUT2D eigenvalue weighted by molar-refractivity contribution is 6.01. The Morgan fingerprint density at radius 1 is 1.12 bits per heavy atom. The molecule has 11 heteroatoms. The number of aryl methyl sites for hydroxylation is 1. The lowest BCUT2D eigenvalue weighted by atomic mass is 9.89. The number of halogens is 2. The third-order valence-electron chi connectivity index (χ3n) is 8.55. The Kier molecular flexibility index (Phi) is 6.95. The maximum Gasteiger partial charge on any atom is 0.412 e. The van der Waals surface area contributed by atoms with E-state index >= 15 is 0 Å². The van der Waals surface area contributed by atoms with Gasteiger partial charge in [0.1, 0.15) is 17.7 Å². The van der Waals surface area contributed by atoms with Gasteiger partial charge in [0.25, 0.3) is 0 Å². The van der Waals surface area contributed by atoms with Crippen molar-refractivity contribution in [1.82, 2.24) is 10.2 Å². The van der Waals surface area contributed by atoms with Crippen LogP contribution in [0.2, 0.25) is 0 Å². The van der Waals surface area contributed by atoms with Crippen molar-refractivity contribution in [3.8, 4) is 0 Å². The molecule has 2 N–H and O–H groups in total. The largest absolute Gasteiger partial charge is 0.442 e. The zero-order valence-electron chi connectivity index (χ0n) is 22.5. The molecule has 4 fully saturated rings. The van der Waals surface area contributed by atoms with E-state index < -0.39 is 41.6 Å². The van der Waals surface area contributed by atoms with Gasteiger partial charge < -0.3 is 14.4 Å². The summed E-state index contributed by atoms with van der Waals surface area (Å²) in [6.07, 6.45) is 0.459. The van der Waals surface area contributed by atoms with Crippen molar-refractivity contribution in [2.24, 2.45) is 0 Å². The van der Waals surface area contributed by atoms with Gasteiger partial charge in [-0.15, -0.1) is 0 Å². The molecule has 0 aliphatic carbocycles. The van der Waals surface area contributed by atoms with Crippen molar-refractivity contribution < 1.29 is 32.6 Å². The molecule has 4 heterocycles. The van der Waals surface area contributed by atoms with Crippen molar-refractivity contribution in [2.75, 3.05) is 36.5 Å². The zero-order chi connectivity index (χ0) is 28.1. The average molecular weight is 555 g/mol. The Labute approximate surface area is 230 Å². The standard InChI is InChI=1S/C29H32F2N4O5/c1-15-5-18(6-17(16(15)2)10-34-11-21-7-20(34)14-39-21)32-29(38)40-22-12-35(13-22)19-8-24(30)27(25(31)9-19)23-3-4-26(36)33-28(23)37/h5-6,8-9,20-23H,3-4,7,10-14H2,1-2H3,(H,32,38)(H,33,36,37). The number of amides is 3. The molecule has 0 spiro atoms. The van der Waals surface area contributed by atoms with Crippen molar-refractivity contribution in [2.45, 2.75) is 63.8 Å². The maximum absolute atomic E-state index is 14.9. The van der Waals surface area contributed by atoms with Gasteiger partial charge in [0.05, 0.1) is 31.7 Å². The summed E-state index contributed by atoms with van der Waals surface area (Å²) < 4.78 is 41.0. The Morgan fingerprint density at radius 3 is 2.52 bits per heavy atom. The molecule has 0 radical (unpaired) electrons. The van der Waals surface area contributed by atoms with Crippen LogP contribution >= 0.6 is 0 Å². The maximum atomic E-state index is 14.9. The summed E-state index contributed by atoms with van der Waals surface area (Å²) in [5.74, 6) is -3.87. The van der Waals surface area contributed by atoms with Gasteiger partial charge in [0, 0.05) is 42.5 Å². The Morgan fingerprint density at radius 2 is 1.88 bits per heavy atom. The van der Waals surface area contributed by atoms with Crippen molar-refractivity contribution in [1.29, 1.82) is 0 Å². The summed E-state index contributed by atoms with van der Waals surface area (Å²) in [6, 6.07) is 6.70. The van der Waals surface area contributed by atoms with Crippen LogP contribution in [0.3, 0.4) is 0 Å². The lowest BCUT2D eigenvalue weighted by molar-refractivity contribution is -0.134. The molecule has 9 nitrogen and oxygen atoms in total.